The molecule has 1 aromatic rings. The highest BCUT2D eigenvalue weighted by atomic mass is 15.3. The standard InChI is InChI=1S/C12H16N4/c1-7(2)12-13-5-8-3-4-9-6-14-16-11(9)10(8)15-12/h5-7,9,11,16H,3-4H2,1-2H3. The molecule has 84 valence electrons. The molecule has 1 aromatic heterocycles. The summed E-state index contributed by atoms with van der Waals surface area (Å²) in [7, 11) is 0. The van der Waals surface area contributed by atoms with E-state index >= 15 is 0 Å². The van der Waals surface area contributed by atoms with Crippen molar-refractivity contribution >= 4 is 6.21 Å². The van der Waals surface area contributed by atoms with Crippen molar-refractivity contribution < 1.29 is 0 Å². The van der Waals surface area contributed by atoms with Crippen LogP contribution in [0, 0.1) is 5.92 Å². The molecule has 2 aliphatic rings. The van der Waals surface area contributed by atoms with Gasteiger partial charge in [-0.1, -0.05) is 13.8 Å². The molecule has 4 heteroatoms. The molecule has 0 fully saturated rings. The Morgan fingerprint density at radius 2 is 2.31 bits per heavy atom. The van der Waals surface area contributed by atoms with E-state index in [2.05, 4.69) is 29.4 Å². The molecule has 2 heterocycles. The summed E-state index contributed by atoms with van der Waals surface area (Å²) in [4.78, 5) is 9.13. The summed E-state index contributed by atoms with van der Waals surface area (Å²) in [6.45, 7) is 4.25. The van der Waals surface area contributed by atoms with E-state index in [1.807, 2.05) is 12.4 Å². The van der Waals surface area contributed by atoms with Crippen LogP contribution in [0.15, 0.2) is 11.3 Å². The van der Waals surface area contributed by atoms with Gasteiger partial charge in [-0.05, 0) is 18.4 Å². The van der Waals surface area contributed by atoms with Crippen LogP contribution in [-0.2, 0) is 6.42 Å². The maximum atomic E-state index is 4.70. The summed E-state index contributed by atoms with van der Waals surface area (Å²) < 4.78 is 0. The first-order valence-electron chi connectivity index (χ1n) is 5.90. The van der Waals surface area contributed by atoms with E-state index in [-0.39, 0.29) is 6.04 Å². The number of hydrogen-bond acceptors (Lipinski definition) is 4. The van der Waals surface area contributed by atoms with Gasteiger partial charge in [-0.3, -0.25) is 0 Å². The Hall–Kier alpha value is -1.45. The van der Waals surface area contributed by atoms with Crippen LogP contribution in [0.1, 0.15) is 49.3 Å². The molecule has 0 aromatic carbocycles. The molecular formula is C12H16N4. The zero-order valence-electron chi connectivity index (χ0n) is 9.64. The van der Waals surface area contributed by atoms with Gasteiger partial charge in [-0.25, -0.2) is 9.97 Å². The zero-order chi connectivity index (χ0) is 11.1. The summed E-state index contributed by atoms with van der Waals surface area (Å²) in [5.74, 6) is 1.84. The third-order valence-corrected chi connectivity index (χ3v) is 3.38. The molecule has 0 saturated heterocycles. The molecule has 4 nitrogen and oxygen atoms in total. The second-order valence-electron chi connectivity index (χ2n) is 4.88. The van der Waals surface area contributed by atoms with Crippen molar-refractivity contribution in [2.45, 2.75) is 38.6 Å². The van der Waals surface area contributed by atoms with E-state index in [9.17, 15) is 0 Å². The van der Waals surface area contributed by atoms with Crippen LogP contribution in [-0.4, -0.2) is 16.2 Å². The number of nitrogens with zero attached hydrogens (tertiary/aromatic N) is 3. The predicted molar refractivity (Wildman–Crippen MR) is 62.3 cm³/mol. The largest absolute Gasteiger partial charge is 0.301 e. The number of hydrogen-bond donors (Lipinski definition) is 1. The maximum Gasteiger partial charge on any atom is 0.131 e. The minimum Gasteiger partial charge on any atom is -0.301 e. The zero-order valence-corrected chi connectivity index (χ0v) is 9.64. The number of hydrazone groups is 1. The lowest BCUT2D eigenvalue weighted by Gasteiger charge is -2.26. The molecule has 0 spiro atoms. The average molecular weight is 216 g/mol. The SMILES string of the molecule is CC(C)c1ncc2c(n1)C1NN=CC1CC2. The van der Waals surface area contributed by atoms with Gasteiger partial charge in [0.25, 0.3) is 0 Å². The lowest BCUT2D eigenvalue weighted by atomic mass is 9.85. The monoisotopic (exact) mass is 216 g/mol. The van der Waals surface area contributed by atoms with Crippen LogP contribution in [0.4, 0.5) is 0 Å². The van der Waals surface area contributed by atoms with E-state index < -0.39 is 0 Å². The Morgan fingerprint density at radius 1 is 1.44 bits per heavy atom. The van der Waals surface area contributed by atoms with Crippen molar-refractivity contribution in [1.29, 1.82) is 0 Å². The van der Waals surface area contributed by atoms with Crippen molar-refractivity contribution in [3.63, 3.8) is 0 Å². The third kappa shape index (κ3) is 1.40. The Labute approximate surface area is 95.2 Å². The molecule has 1 aliphatic carbocycles. The fourth-order valence-corrected chi connectivity index (χ4v) is 2.40. The van der Waals surface area contributed by atoms with Crippen LogP contribution in [0.25, 0.3) is 0 Å². The van der Waals surface area contributed by atoms with Crippen LogP contribution in [0.3, 0.4) is 0 Å². The van der Waals surface area contributed by atoms with Gasteiger partial charge in [0.1, 0.15) is 5.82 Å². The highest BCUT2D eigenvalue weighted by Crippen LogP contribution is 2.34. The first-order chi connectivity index (χ1) is 7.75. The molecule has 2 atom stereocenters. The van der Waals surface area contributed by atoms with Crippen LogP contribution in [0.5, 0.6) is 0 Å². The van der Waals surface area contributed by atoms with Crippen molar-refractivity contribution in [3.05, 3.63) is 23.3 Å². The molecule has 0 radical (unpaired) electrons. The van der Waals surface area contributed by atoms with Crippen molar-refractivity contribution in [2.24, 2.45) is 11.0 Å². The van der Waals surface area contributed by atoms with Crippen LogP contribution in [0.2, 0.25) is 0 Å². The molecular weight excluding hydrogens is 200 g/mol. The lowest BCUT2D eigenvalue weighted by Crippen LogP contribution is -2.27. The van der Waals surface area contributed by atoms with Gasteiger partial charge in [0.05, 0.1) is 11.7 Å². The number of aromatic nitrogens is 2. The molecule has 16 heavy (non-hydrogen) atoms. The summed E-state index contributed by atoms with van der Waals surface area (Å²) in [5, 5.41) is 4.17. The fraction of sp³-hybridized carbons (Fsp3) is 0.583. The third-order valence-electron chi connectivity index (χ3n) is 3.38. The van der Waals surface area contributed by atoms with Crippen molar-refractivity contribution in [1.82, 2.24) is 15.4 Å². The molecule has 2 unspecified atom stereocenters. The topological polar surface area (TPSA) is 50.2 Å². The predicted octanol–water partition coefficient (Wildman–Crippen LogP) is 1.79. The number of nitrogens with one attached hydrogen (secondary N) is 1. The smallest absolute Gasteiger partial charge is 0.131 e. The maximum absolute atomic E-state index is 4.70. The highest BCUT2D eigenvalue weighted by Gasteiger charge is 2.33. The Morgan fingerprint density at radius 3 is 3.12 bits per heavy atom. The second-order valence-corrected chi connectivity index (χ2v) is 4.88. The van der Waals surface area contributed by atoms with E-state index in [1.165, 1.54) is 5.56 Å². The van der Waals surface area contributed by atoms with E-state index in [0.29, 0.717) is 11.8 Å². The summed E-state index contributed by atoms with van der Waals surface area (Å²) >= 11 is 0. The van der Waals surface area contributed by atoms with Crippen molar-refractivity contribution in [3.8, 4) is 0 Å². The first-order valence-corrected chi connectivity index (χ1v) is 5.90. The van der Waals surface area contributed by atoms with Gasteiger partial charge in [-0.15, -0.1) is 0 Å². The van der Waals surface area contributed by atoms with E-state index in [1.54, 1.807) is 0 Å². The molecule has 0 amide bonds. The normalized spacial score (nSPS) is 26.4. The number of fused-ring (bicyclic) bond motifs is 3. The Kier molecular flexibility index (Phi) is 2.16. The first kappa shape index (κ1) is 9.75. The Balaban J connectivity index is 2.03. The molecule has 3 rings (SSSR count). The minimum absolute atomic E-state index is 0.282. The van der Waals surface area contributed by atoms with Gasteiger partial charge in [0.2, 0.25) is 0 Å². The summed E-state index contributed by atoms with van der Waals surface area (Å²) in [6.07, 6.45) is 6.24. The Bertz CT molecular complexity index is 439. The molecule has 0 bridgehead atoms. The summed E-state index contributed by atoms with van der Waals surface area (Å²) in [6, 6.07) is 0.282. The molecule has 1 N–H and O–H groups in total. The number of aryl methyl sites for hydroxylation is 1. The number of rotatable bonds is 1. The van der Waals surface area contributed by atoms with Gasteiger partial charge in [0.15, 0.2) is 0 Å². The highest BCUT2D eigenvalue weighted by molar-refractivity contribution is 5.65. The quantitative estimate of drug-likeness (QED) is 0.778. The van der Waals surface area contributed by atoms with E-state index in [4.69, 9.17) is 4.98 Å². The van der Waals surface area contributed by atoms with Gasteiger partial charge in [-0.2, -0.15) is 5.10 Å². The van der Waals surface area contributed by atoms with Gasteiger partial charge < -0.3 is 5.43 Å². The van der Waals surface area contributed by atoms with E-state index in [0.717, 1.165) is 24.4 Å². The lowest BCUT2D eigenvalue weighted by molar-refractivity contribution is 0.430. The minimum atomic E-state index is 0.282. The average Bonchev–Trinajstić information content (AvgIpc) is 2.76. The summed E-state index contributed by atoms with van der Waals surface area (Å²) in [5.41, 5.74) is 5.60. The van der Waals surface area contributed by atoms with Gasteiger partial charge >= 0.3 is 0 Å². The molecule has 1 aliphatic heterocycles. The van der Waals surface area contributed by atoms with Crippen molar-refractivity contribution in [2.75, 3.05) is 0 Å². The van der Waals surface area contributed by atoms with Crippen LogP contribution < -0.4 is 5.43 Å². The van der Waals surface area contributed by atoms with Crippen LogP contribution >= 0.6 is 0 Å². The second kappa shape index (κ2) is 3.54. The molecule has 0 saturated carbocycles. The fourth-order valence-electron chi connectivity index (χ4n) is 2.40. The van der Waals surface area contributed by atoms with Gasteiger partial charge in [0, 0.05) is 24.2 Å².